The number of hydrazine groups is 1. The predicted molar refractivity (Wildman–Crippen MR) is 75.5 cm³/mol. The van der Waals surface area contributed by atoms with Crippen LogP contribution in [0.1, 0.15) is 18.7 Å². The fourth-order valence-electron chi connectivity index (χ4n) is 1.79. The molecule has 0 aliphatic carbocycles. The predicted octanol–water partition coefficient (Wildman–Crippen LogP) is 1.11. The van der Waals surface area contributed by atoms with Gasteiger partial charge in [0.05, 0.1) is 12.3 Å². The van der Waals surface area contributed by atoms with Crippen LogP contribution in [0.25, 0.3) is 5.95 Å². The van der Waals surface area contributed by atoms with Crippen LogP contribution in [0, 0.1) is 0 Å². The van der Waals surface area contributed by atoms with Gasteiger partial charge in [-0.15, -0.1) is 0 Å². The lowest BCUT2D eigenvalue weighted by molar-refractivity contribution is 0.489. The van der Waals surface area contributed by atoms with Gasteiger partial charge in [0.25, 0.3) is 0 Å². The number of nitrogens with one attached hydrogen (secondary N) is 2. The van der Waals surface area contributed by atoms with Crippen LogP contribution in [0.3, 0.4) is 0 Å². The summed E-state index contributed by atoms with van der Waals surface area (Å²) in [5.74, 6) is 7.21. The molecule has 0 aromatic carbocycles. The maximum atomic E-state index is 5.39. The highest BCUT2D eigenvalue weighted by molar-refractivity contribution is 5.38. The Labute approximate surface area is 120 Å². The van der Waals surface area contributed by atoms with E-state index in [0.717, 1.165) is 5.76 Å². The maximum Gasteiger partial charge on any atom is 0.243 e. The lowest BCUT2D eigenvalue weighted by Crippen LogP contribution is -2.16. The first kappa shape index (κ1) is 13.1. The van der Waals surface area contributed by atoms with E-state index in [9.17, 15) is 0 Å². The van der Waals surface area contributed by atoms with Gasteiger partial charge >= 0.3 is 0 Å². The number of rotatable bonds is 5. The molecule has 0 amide bonds. The fourth-order valence-corrected chi connectivity index (χ4v) is 1.79. The summed E-state index contributed by atoms with van der Waals surface area (Å²) in [6, 6.07) is 3.60. The van der Waals surface area contributed by atoms with Crippen molar-refractivity contribution in [2.24, 2.45) is 5.84 Å². The largest absolute Gasteiger partial charge is 0.467 e. The highest BCUT2D eigenvalue weighted by Gasteiger charge is 2.12. The molecule has 9 heteroatoms. The number of hydrogen-bond acceptors (Lipinski definition) is 8. The average Bonchev–Trinajstić information content (AvgIpc) is 3.19. The first-order chi connectivity index (χ1) is 10.3. The van der Waals surface area contributed by atoms with E-state index in [-0.39, 0.29) is 12.0 Å². The van der Waals surface area contributed by atoms with Crippen molar-refractivity contribution in [2.75, 3.05) is 10.7 Å². The maximum absolute atomic E-state index is 5.39. The van der Waals surface area contributed by atoms with Gasteiger partial charge in [-0.05, 0) is 19.1 Å². The Hall–Kier alpha value is -2.94. The number of imidazole rings is 1. The topological polar surface area (TPSA) is 120 Å². The van der Waals surface area contributed by atoms with Gasteiger partial charge < -0.3 is 9.73 Å². The highest BCUT2D eigenvalue weighted by Crippen LogP contribution is 2.18. The number of aromatic nitrogens is 5. The summed E-state index contributed by atoms with van der Waals surface area (Å²) in [5.41, 5.74) is 2.42. The Bertz CT molecular complexity index is 694. The van der Waals surface area contributed by atoms with Crippen LogP contribution in [0.2, 0.25) is 0 Å². The quantitative estimate of drug-likeness (QED) is 0.471. The number of nitrogens with two attached hydrogens (primary N) is 1. The molecule has 0 bridgehead atoms. The minimum Gasteiger partial charge on any atom is -0.467 e. The van der Waals surface area contributed by atoms with Crippen LogP contribution in [0.15, 0.2) is 41.5 Å². The molecule has 0 spiro atoms. The summed E-state index contributed by atoms with van der Waals surface area (Å²) in [7, 11) is 0. The average molecular weight is 286 g/mol. The molecule has 3 rings (SSSR count). The van der Waals surface area contributed by atoms with E-state index >= 15 is 0 Å². The summed E-state index contributed by atoms with van der Waals surface area (Å²) in [6.45, 7) is 1.94. The Balaban J connectivity index is 1.89. The standard InChI is InChI=1S/C12H14N8O/c1-8(9-3-2-6-21-9)15-10-16-11(19-13)18-12(17-10)20-5-4-14-7-20/h2-8H,13H2,1H3,(H2,15,16,17,18,19). The van der Waals surface area contributed by atoms with Crippen LogP contribution < -0.4 is 16.6 Å². The molecule has 0 radical (unpaired) electrons. The number of nitrogens with zero attached hydrogens (tertiary/aromatic N) is 5. The Kier molecular flexibility index (Phi) is 3.48. The number of nitrogen functional groups attached to an aromatic ring is 1. The van der Waals surface area contributed by atoms with Gasteiger partial charge in [0.1, 0.15) is 12.1 Å². The summed E-state index contributed by atoms with van der Waals surface area (Å²) in [4.78, 5) is 16.6. The molecule has 1 unspecified atom stereocenters. The Morgan fingerprint density at radius 2 is 2.14 bits per heavy atom. The second-order valence-electron chi connectivity index (χ2n) is 4.28. The smallest absolute Gasteiger partial charge is 0.243 e. The van der Waals surface area contributed by atoms with Gasteiger partial charge in [-0.3, -0.25) is 9.99 Å². The van der Waals surface area contributed by atoms with Crippen LogP contribution in [-0.2, 0) is 0 Å². The third kappa shape index (κ3) is 2.82. The van der Waals surface area contributed by atoms with Gasteiger partial charge in [-0.1, -0.05) is 0 Å². The molecule has 3 heterocycles. The van der Waals surface area contributed by atoms with Crippen molar-refractivity contribution in [3.05, 3.63) is 42.9 Å². The first-order valence-electron chi connectivity index (χ1n) is 6.27. The number of furan rings is 1. The van der Waals surface area contributed by atoms with Crippen molar-refractivity contribution in [1.82, 2.24) is 24.5 Å². The van der Waals surface area contributed by atoms with Crippen molar-refractivity contribution in [1.29, 1.82) is 0 Å². The molecule has 3 aromatic rings. The van der Waals surface area contributed by atoms with E-state index in [2.05, 4.69) is 30.7 Å². The highest BCUT2D eigenvalue weighted by atomic mass is 16.3. The van der Waals surface area contributed by atoms with E-state index in [0.29, 0.717) is 11.9 Å². The van der Waals surface area contributed by atoms with Crippen LogP contribution in [0.4, 0.5) is 11.9 Å². The van der Waals surface area contributed by atoms with Crippen molar-refractivity contribution >= 4 is 11.9 Å². The van der Waals surface area contributed by atoms with E-state index in [1.807, 2.05) is 19.1 Å². The van der Waals surface area contributed by atoms with Gasteiger partial charge in [0.15, 0.2) is 0 Å². The lowest BCUT2D eigenvalue weighted by atomic mass is 10.2. The monoisotopic (exact) mass is 286 g/mol. The minimum absolute atomic E-state index is 0.0938. The third-order valence-electron chi connectivity index (χ3n) is 2.80. The summed E-state index contributed by atoms with van der Waals surface area (Å²) in [6.07, 6.45) is 6.58. The molecular formula is C12H14N8O. The van der Waals surface area contributed by atoms with Crippen molar-refractivity contribution < 1.29 is 4.42 Å². The van der Waals surface area contributed by atoms with Crippen LogP contribution >= 0.6 is 0 Å². The minimum atomic E-state index is -0.0938. The molecule has 9 nitrogen and oxygen atoms in total. The van der Waals surface area contributed by atoms with E-state index in [1.54, 1.807) is 29.6 Å². The number of hydrogen-bond donors (Lipinski definition) is 3. The van der Waals surface area contributed by atoms with Crippen molar-refractivity contribution in [3.8, 4) is 5.95 Å². The molecule has 0 fully saturated rings. The van der Waals surface area contributed by atoms with Gasteiger partial charge in [-0.2, -0.15) is 15.0 Å². The Morgan fingerprint density at radius 1 is 1.29 bits per heavy atom. The van der Waals surface area contributed by atoms with E-state index < -0.39 is 0 Å². The first-order valence-corrected chi connectivity index (χ1v) is 6.27. The van der Waals surface area contributed by atoms with Crippen LogP contribution in [0.5, 0.6) is 0 Å². The molecule has 1 atom stereocenters. The normalized spacial score (nSPS) is 12.1. The lowest BCUT2D eigenvalue weighted by Gasteiger charge is -2.12. The Morgan fingerprint density at radius 3 is 2.81 bits per heavy atom. The van der Waals surface area contributed by atoms with Crippen molar-refractivity contribution in [2.45, 2.75) is 13.0 Å². The molecule has 108 valence electrons. The zero-order valence-electron chi connectivity index (χ0n) is 11.3. The second kappa shape index (κ2) is 5.59. The molecule has 0 aliphatic rings. The van der Waals surface area contributed by atoms with E-state index in [1.165, 1.54) is 0 Å². The molecule has 4 N–H and O–H groups in total. The summed E-state index contributed by atoms with van der Waals surface area (Å²) >= 11 is 0. The molecule has 0 saturated heterocycles. The number of anilines is 2. The molecular weight excluding hydrogens is 272 g/mol. The zero-order valence-corrected chi connectivity index (χ0v) is 11.3. The molecule has 3 aromatic heterocycles. The third-order valence-corrected chi connectivity index (χ3v) is 2.80. The van der Waals surface area contributed by atoms with Gasteiger partial charge in [0, 0.05) is 12.4 Å². The summed E-state index contributed by atoms with van der Waals surface area (Å²) in [5, 5.41) is 3.14. The van der Waals surface area contributed by atoms with E-state index in [4.69, 9.17) is 10.3 Å². The molecule has 21 heavy (non-hydrogen) atoms. The summed E-state index contributed by atoms with van der Waals surface area (Å²) < 4.78 is 7.00. The van der Waals surface area contributed by atoms with Gasteiger partial charge in [-0.25, -0.2) is 10.8 Å². The van der Waals surface area contributed by atoms with Gasteiger partial charge in [0.2, 0.25) is 17.8 Å². The molecule has 0 aliphatic heterocycles. The van der Waals surface area contributed by atoms with Crippen LogP contribution in [-0.4, -0.2) is 24.5 Å². The molecule has 0 saturated carbocycles. The second-order valence-corrected chi connectivity index (χ2v) is 4.28. The SMILES string of the molecule is CC(Nc1nc(NN)nc(-n2ccnc2)n1)c1ccco1. The zero-order chi connectivity index (χ0) is 14.7. The fraction of sp³-hybridized carbons (Fsp3) is 0.167. The van der Waals surface area contributed by atoms with Crippen molar-refractivity contribution in [3.63, 3.8) is 0 Å².